The molecule has 0 aromatic heterocycles. The highest BCUT2D eigenvalue weighted by Crippen LogP contribution is 2.25. The van der Waals surface area contributed by atoms with Gasteiger partial charge in [0.2, 0.25) is 5.91 Å². The molecule has 1 heterocycles. The van der Waals surface area contributed by atoms with Crippen molar-refractivity contribution in [1.29, 1.82) is 0 Å². The van der Waals surface area contributed by atoms with Gasteiger partial charge in [-0.25, -0.2) is 4.99 Å². The fourth-order valence-corrected chi connectivity index (χ4v) is 3.89. The lowest BCUT2D eigenvalue weighted by atomic mass is 10.2. The zero-order chi connectivity index (χ0) is 20.0. The quantitative estimate of drug-likeness (QED) is 0.598. The predicted molar refractivity (Wildman–Crippen MR) is 108 cm³/mol. The lowest BCUT2D eigenvalue weighted by Crippen LogP contribution is -3.11. The number of hydrogen-bond donors (Lipinski definition) is 3. The minimum absolute atomic E-state index is 0.0356. The van der Waals surface area contributed by atoms with Gasteiger partial charge in [0.1, 0.15) is 16.8 Å². The molecule has 8 heteroatoms. The van der Waals surface area contributed by atoms with Gasteiger partial charge in [-0.15, -0.1) is 0 Å². The van der Waals surface area contributed by atoms with E-state index in [1.165, 1.54) is 11.8 Å². The van der Waals surface area contributed by atoms with E-state index in [-0.39, 0.29) is 30.2 Å². The second kappa shape index (κ2) is 9.66. The number of anilines is 1. The van der Waals surface area contributed by atoms with Crippen molar-refractivity contribution in [2.24, 2.45) is 4.99 Å². The minimum atomic E-state index is -0.499. The number of thioether (sulfide) groups is 1. The van der Waals surface area contributed by atoms with E-state index in [1.54, 1.807) is 0 Å². The van der Waals surface area contributed by atoms with Crippen molar-refractivity contribution in [1.82, 2.24) is 5.32 Å². The highest BCUT2D eigenvalue weighted by Gasteiger charge is 2.32. The van der Waals surface area contributed by atoms with Gasteiger partial charge in [-0.05, 0) is 32.4 Å². The molecule has 2 atom stereocenters. The van der Waals surface area contributed by atoms with Gasteiger partial charge in [0.15, 0.2) is 6.54 Å². The molecule has 146 valence electrons. The molecule has 0 fully saturated rings. The number of benzene rings is 1. The number of carbonyl (C=O) groups excluding carboxylic acids is 3. The van der Waals surface area contributed by atoms with Gasteiger partial charge >= 0.3 is 0 Å². The third kappa shape index (κ3) is 6.80. The van der Waals surface area contributed by atoms with Gasteiger partial charge in [0, 0.05) is 18.2 Å². The van der Waals surface area contributed by atoms with E-state index < -0.39 is 5.25 Å². The number of nitrogens with one attached hydrogen (secondary N) is 3. The van der Waals surface area contributed by atoms with E-state index in [1.807, 2.05) is 52.1 Å². The average Bonchev–Trinajstić information content (AvgIpc) is 2.87. The van der Waals surface area contributed by atoms with Gasteiger partial charge in [0.05, 0.1) is 7.05 Å². The highest BCUT2D eigenvalue weighted by molar-refractivity contribution is 8.15. The van der Waals surface area contributed by atoms with Crippen LogP contribution in [0.25, 0.3) is 0 Å². The number of aryl methyl sites for hydroxylation is 1. The molecule has 1 aliphatic rings. The molecule has 2 rings (SSSR count). The summed E-state index contributed by atoms with van der Waals surface area (Å²) >= 11 is 1.32. The maximum atomic E-state index is 12.3. The van der Waals surface area contributed by atoms with E-state index in [0.29, 0.717) is 18.1 Å². The molecule has 3 N–H and O–H groups in total. The lowest BCUT2D eigenvalue weighted by molar-refractivity contribution is -0.861. The summed E-state index contributed by atoms with van der Waals surface area (Å²) in [6.07, 6.45) is 0.0811. The van der Waals surface area contributed by atoms with E-state index in [4.69, 9.17) is 0 Å². The van der Waals surface area contributed by atoms with Gasteiger partial charge in [-0.3, -0.25) is 14.4 Å². The summed E-state index contributed by atoms with van der Waals surface area (Å²) in [5, 5.41) is 5.86. The van der Waals surface area contributed by atoms with Crippen molar-refractivity contribution < 1.29 is 19.3 Å². The molecule has 0 bridgehead atoms. The van der Waals surface area contributed by atoms with Crippen molar-refractivity contribution in [2.75, 3.05) is 25.5 Å². The number of nitrogens with zero attached hydrogens (tertiary/aromatic N) is 1. The predicted octanol–water partition coefficient (Wildman–Crippen LogP) is 0.403. The normalized spacial score (nSPS) is 17.6. The van der Waals surface area contributed by atoms with E-state index in [2.05, 4.69) is 15.6 Å². The third-order valence-corrected chi connectivity index (χ3v) is 5.10. The maximum absolute atomic E-state index is 12.3. The van der Waals surface area contributed by atoms with Crippen LogP contribution in [0.15, 0.2) is 29.3 Å². The Bertz CT molecular complexity index is 748. The molecule has 1 aliphatic heterocycles. The Balaban J connectivity index is 1.82. The van der Waals surface area contributed by atoms with Crippen molar-refractivity contribution in [3.05, 3.63) is 29.8 Å². The molecule has 0 aliphatic carbocycles. The summed E-state index contributed by atoms with van der Waals surface area (Å²) in [5.74, 6) is -0.524. The molecule has 0 radical (unpaired) electrons. The first kappa shape index (κ1) is 21.1. The first-order valence-corrected chi connectivity index (χ1v) is 9.86. The zero-order valence-electron chi connectivity index (χ0n) is 16.2. The van der Waals surface area contributed by atoms with Crippen LogP contribution in [0.3, 0.4) is 0 Å². The van der Waals surface area contributed by atoms with Crippen LogP contribution in [-0.4, -0.2) is 54.2 Å². The van der Waals surface area contributed by atoms with Gasteiger partial charge in [-0.1, -0.05) is 30.0 Å². The molecule has 27 heavy (non-hydrogen) atoms. The number of carbonyl (C=O) groups is 3. The number of amides is 3. The molecule has 1 unspecified atom stereocenters. The fraction of sp³-hybridized carbons (Fsp3) is 0.474. The number of para-hydroxylation sites is 1. The van der Waals surface area contributed by atoms with Crippen LogP contribution in [-0.2, 0) is 14.4 Å². The Hall–Kier alpha value is -2.19. The Morgan fingerprint density at radius 1 is 1.26 bits per heavy atom. The highest BCUT2D eigenvalue weighted by atomic mass is 32.2. The van der Waals surface area contributed by atoms with Crippen LogP contribution in [0.5, 0.6) is 0 Å². The van der Waals surface area contributed by atoms with Crippen molar-refractivity contribution in [2.45, 2.75) is 38.5 Å². The van der Waals surface area contributed by atoms with Crippen LogP contribution >= 0.6 is 11.8 Å². The lowest BCUT2D eigenvalue weighted by Gasteiger charge is -2.15. The number of rotatable bonds is 8. The smallest absolute Gasteiger partial charge is 0.275 e. The fourth-order valence-electron chi connectivity index (χ4n) is 2.70. The Morgan fingerprint density at radius 3 is 2.63 bits per heavy atom. The zero-order valence-corrected chi connectivity index (χ0v) is 17.0. The van der Waals surface area contributed by atoms with E-state index >= 15 is 0 Å². The topological polar surface area (TPSA) is 92.1 Å². The molecule has 0 spiro atoms. The molecule has 0 saturated carbocycles. The third-order valence-electron chi connectivity index (χ3n) is 3.94. The van der Waals surface area contributed by atoms with Crippen molar-refractivity contribution in [3.8, 4) is 0 Å². The Morgan fingerprint density at radius 2 is 1.96 bits per heavy atom. The van der Waals surface area contributed by atoms with Crippen molar-refractivity contribution in [3.63, 3.8) is 0 Å². The molecule has 1 aromatic carbocycles. The van der Waals surface area contributed by atoms with Gasteiger partial charge in [0.25, 0.3) is 11.8 Å². The Kier molecular flexibility index (Phi) is 7.55. The van der Waals surface area contributed by atoms with Gasteiger partial charge < -0.3 is 15.5 Å². The standard InChI is InChI=1S/C19H26N4O3S/c1-12(2)20-17(25)10-23(4)11-18-22-19(26)15(27-18)9-16(24)21-14-8-6-5-7-13(14)3/h5-8,12,15H,9-11H2,1-4H3,(H,20,25)(H,21,24)/p+1/t15-/m0/s1. The molecular formula is C19H27N4O3S+. The van der Waals surface area contributed by atoms with Crippen LogP contribution in [0.4, 0.5) is 5.69 Å². The second-order valence-electron chi connectivity index (χ2n) is 7.05. The van der Waals surface area contributed by atoms with Crippen LogP contribution in [0.1, 0.15) is 25.8 Å². The van der Waals surface area contributed by atoms with E-state index in [9.17, 15) is 14.4 Å². The van der Waals surface area contributed by atoms with Gasteiger partial charge in [-0.2, -0.15) is 0 Å². The second-order valence-corrected chi connectivity index (χ2v) is 8.33. The summed E-state index contributed by atoms with van der Waals surface area (Å²) in [7, 11) is 1.88. The van der Waals surface area contributed by atoms with Crippen LogP contribution < -0.4 is 15.5 Å². The number of quaternary nitrogens is 1. The first-order chi connectivity index (χ1) is 12.7. The average molecular weight is 392 g/mol. The summed E-state index contributed by atoms with van der Waals surface area (Å²) < 4.78 is 0. The number of hydrogen-bond acceptors (Lipinski definition) is 4. The molecule has 1 aromatic rings. The first-order valence-electron chi connectivity index (χ1n) is 8.98. The number of aliphatic imine (C=N–C) groups is 1. The minimum Gasteiger partial charge on any atom is -0.349 e. The van der Waals surface area contributed by atoms with Crippen LogP contribution in [0, 0.1) is 6.92 Å². The Labute approximate surface area is 164 Å². The monoisotopic (exact) mass is 391 g/mol. The summed E-state index contributed by atoms with van der Waals surface area (Å²) in [6.45, 7) is 6.54. The molecule has 7 nitrogen and oxygen atoms in total. The largest absolute Gasteiger partial charge is 0.349 e. The molecule has 3 amide bonds. The van der Waals surface area contributed by atoms with E-state index in [0.717, 1.165) is 16.2 Å². The molecular weight excluding hydrogens is 364 g/mol. The SMILES string of the molecule is Cc1ccccc1NC(=O)C[C@@H]1SC(C[NH+](C)CC(=O)NC(C)C)=NC1=O. The van der Waals surface area contributed by atoms with Crippen LogP contribution in [0.2, 0.25) is 0 Å². The maximum Gasteiger partial charge on any atom is 0.275 e. The summed E-state index contributed by atoms with van der Waals surface area (Å²) in [6, 6.07) is 7.61. The van der Waals surface area contributed by atoms with Crippen molar-refractivity contribution >= 4 is 40.2 Å². The number of likely N-dealkylation sites (N-methyl/N-ethyl adjacent to an activating group) is 1. The molecule has 0 saturated heterocycles. The summed E-state index contributed by atoms with van der Waals surface area (Å²) in [4.78, 5) is 41.2. The summed E-state index contributed by atoms with van der Waals surface area (Å²) in [5.41, 5.74) is 1.72.